The minimum absolute atomic E-state index is 0.0929. The van der Waals surface area contributed by atoms with Crippen LogP contribution in [0.4, 0.5) is 0 Å². The molecule has 1 atom stereocenters. The van der Waals surface area contributed by atoms with E-state index in [1.165, 1.54) is 17.0 Å². The van der Waals surface area contributed by atoms with E-state index in [0.29, 0.717) is 17.2 Å². The van der Waals surface area contributed by atoms with Crippen LogP contribution in [0.25, 0.3) is 0 Å². The SMILES string of the molecule is Cc1cc(=O)n(CC(C(N)=S)c2ccccc2)cn1. The standard InChI is InChI=1S/C14H15N3OS/c1-10-7-13(18)17(9-16-10)8-12(14(15)19)11-5-3-2-4-6-11/h2-7,9,12H,8H2,1H3,(H2,15,19). The van der Waals surface area contributed by atoms with Gasteiger partial charge in [0, 0.05) is 18.3 Å². The van der Waals surface area contributed by atoms with E-state index in [1.54, 1.807) is 6.92 Å². The van der Waals surface area contributed by atoms with Crippen molar-refractivity contribution in [3.05, 3.63) is 64.3 Å². The molecule has 2 N–H and O–H groups in total. The smallest absolute Gasteiger partial charge is 0.253 e. The lowest BCUT2D eigenvalue weighted by atomic mass is 9.99. The molecule has 98 valence electrons. The molecule has 5 heteroatoms. The molecule has 1 aromatic heterocycles. The Morgan fingerprint density at radius 1 is 1.42 bits per heavy atom. The molecule has 0 fully saturated rings. The van der Waals surface area contributed by atoms with Crippen LogP contribution >= 0.6 is 12.2 Å². The third-order valence-electron chi connectivity index (χ3n) is 2.94. The number of benzene rings is 1. The van der Waals surface area contributed by atoms with Gasteiger partial charge in [0.25, 0.3) is 5.56 Å². The van der Waals surface area contributed by atoms with Crippen LogP contribution in [0.15, 0.2) is 47.5 Å². The summed E-state index contributed by atoms with van der Waals surface area (Å²) in [6.07, 6.45) is 1.53. The molecular formula is C14H15N3OS. The van der Waals surface area contributed by atoms with Gasteiger partial charge in [-0.25, -0.2) is 4.98 Å². The Kier molecular flexibility index (Phi) is 4.06. The highest BCUT2D eigenvalue weighted by Gasteiger charge is 2.15. The van der Waals surface area contributed by atoms with Crippen LogP contribution < -0.4 is 11.3 Å². The summed E-state index contributed by atoms with van der Waals surface area (Å²) < 4.78 is 1.53. The molecule has 4 nitrogen and oxygen atoms in total. The largest absolute Gasteiger partial charge is 0.393 e. The lowest BCUT2D eigenvalue weighted by Crippen LogP contribution is -2.29. The van der Waals surface area contributed by atoms with Gasteiger partial charge >= 0.3 is 0 Å². The Balaban J connectivity index is 2.32. The van der Waals surface area contributed by atoms with Crippen molar-refractivity contribution in [1.82, 2.24) is 9.55 Å². The molecule has 1 aromatic carbocycles. The van der Waals surface area contributed by atoms with Crippen LogP contribution in [0.1, 0.15) is 17.2 Å². The van der Waals surface area contributed by atoms with Crippen LogP contribution in [-0.2, 0) is 6.54 Å². The molecular weight excluding hydrogens is 258 g/mol. The van der Waals surface area contributed by atoms with Gasteiger partial charge in [0.05, 0.1) is 17.2 Å². The van der Waals surface area contributed by atoms with Crippen LogP contribution in [0.2, 0.25) is 0 Å². The van der Waals surface area contributed by atoms with Gasteiger partial charge in [-0.05, 0) is 12.5 Å². The van der Waals surface area contributed by atoms with Gasteiger partial charge in [-0.3, -0.25) is 9.36 Å². The van der Waals surface area contributed by atoms with E-state index in [2.05, 4.69) is 4.98 Å². The fourth-order valence-electron chi connectivity index (χ4n) is 1.90. The van der Waals surface area contributed by atoms with Gasteiger partial charge in [-0.15, -0.1) is 0 Å². The van der Waals surface area contributed by atoms with Crippen molar-refractivity contribution < 1.29 is 0 Å². The van der Waals surface area contributed by atoms with Crippen molar-refractivity contribution in [3.63, 3.8) is 0 Å². The van der Waals surface area contributed by atoms with E-state index in [4.69, 9.17) is 18.0 Å². The topological polar surface area (TPSA) is 60.9 Å². The lowest BCUT2D eigenvalue weighted by Gasteiger charge is -2.17. The maximum atomic E-state index is 11.9. The fraction of sp³-hybridized carbons (Fsp3) is 0.214. The molecule has 0 aliphatic rings. The van der Waals surface area contributed by atoms with Crippen molar-refractivity contribution in [2.75, 3.05) is 0 Å². The average molecular weight is 273 g/mol. The first-order valence-corrected chi connectivity index (χ1v) is 6.36. The summed E-state index contributed by atoms with van der Waals surface area (Å²) >= 11 is 5.11. The molecule has 1 unspecified atom stereocenters. The molecule has 0 aliphatic carbocycles. The first-order valence-electron chi connectivity index (χ1n) is 5.95. The fourth-order valence-corrected chi connectivity index (χ4v) is 2.11. The second-order valence-corrected chi connectivity index (χ2v) is 4.86. The predicted octanol–water partition coefficient (Wildman–Crippen LogP) is 1.62. The van der Waals surface area contributed by atoms with Crippen LogP contribution in [0.5, 0.6) is 0 Å². The number of aryl methyl sites for hydroxylation is 1. The molecule has 1 heterocycles. The number of hydrogen-bond donors (Lipinski definition) is 1. The third-order valence-corrected chi connectivity index (χ3v) is 3.23. The van der Waals surface area contributed by atoms with E-state index in [1.807, 2.05) is 30.3 Å². The molecule has 0 aliphatic heterocycles. The molecule has 19 heavy (non-hydrogen) atoms. The number of nitrogens with two attached hydrogens (primary N) is 1. The Hall–Kier alpha value is -2.01. The highest BCUT2D eigenvalue weighted by molar-refractivity contribution is 7.80. The molecule has 0 radical (unpaired) electrons. The third kappa shape index (κ3) is 3.26. The average Bonchev–Trinajstić information content (AvgIpc) is 2.38. The molecule has 0 saturated heterocycles. The Morgan fingerprint density at radius 2 is 2.11 bits per heavy atom. The highest BCUT2D eigenvalue weighted by Crippen LogP contribution is 2.17. The number of thiocarbonyl (C=S) groups is 1. The number of aromatic nitrogens is 2. The first-order chi connectivity index (χ1) is 9.08. The van der Waals surface area contributed by atoms with Crippen molar-refractivity contribution in [2.24, 2.45) is 5.73 Å². The number of hydrogen-bond acceptors (Lipinski definition) is 3. The maximum absolute atomic E-state index is 11.9. The second kappa shape index (κ2) is 5.75. The second-order valence-electron chi connectivity index (χ2n) is 4.39. The van der Waals surface area contributed by atoms with Crippen molar-refractivity contribution >= 4 is 17.2 Å². The zero-order valence-electron chi connectivity index (χ0n) is 10.6. The summed E-state index contributed by atoms with van der Waals surface area (Å²) in [5.41, 5.74) is 7.40. The molecule has 2 rings (SSSR count). The summed E-state index contributed by atoms with van der Waals surface area (Å²) in [6.45, 7) is 2.19. The summed E-state index contributed by atoms with van der Waals surface area (Å²) in [4.78, 5) is 16.4. The van der Waals surface area contributed by atoms with Crippen molar-refractivity contribution in [3.8, 4) is 0 Å². The van der Waals surface area contributed by atoms with Gasteiger partial charge in [0.15, 0.2) is 0 Å². The predicted molar refractivity (Wildman–Crippen MR) is 79.2 cm³/mol. The zero-order valence-corrected chi connectivity index (χ0v) is 11.4. The van der Waals surface area contributed by atoms with Crippen LogP contribution in [-0.4, -0.2) is 14.5 Å². The normalized spacial score (nSPS) is 12.1. The van der Waals surface area contributed by atoms with E-state index in [9.17, 15) is 4.79 Å². The van der Waals surface area contributed by atoms with Crippen molar-refractivity contribution in [1.29, 1.82) is 0 Å². The monoisotopic (exact) mass is 273 g/mol. The van der Waals surface area contributed by atoms with Gasteiger partial charge in [0.1, 0.15) is 0 Å². The molecule has 0 spiro atoms. The first kappa shape index (κ1) is 13.4. The lowest BCUT2D eigenvalue weighted by molar-refractivity contribution is 0.623. The van der Waals surface area contributed by atoms with Crippen LogP contribution in [0, 0.1) is 6.92 Å². The zero-order chi connectivity index (χ0) is 13.8. The van der Waals surface area contributed by atoms with E-state index < -0.39 is 0 Å². The summed E-state index contributed by atoms with van der Waals surface area (Å²) in [7, 11) is 0. The summed E-state index contributed by atoms with van der Waals surface area (Å²) in [5.74, 6) is -0.168. The minimum Gasteiger partial charge on any atom is -0.393 e. The molecule has 0 saturated carbocycles. The highest BCUT2D eigenvalue weighted by atomic mass is 32.1. The van der Waals surface area contributed by atoms with Crippen LogP contribution in [0.3, 0.4) is 0 Å². The van der Waals surface area contributed by atoms with Gasteiger partial charge in [-0.2, -0.15) is 0 Å². The van der Waals surface area contributed by atoms with E-state index in [0.717, 1.165) is 5.56 Å². The molecule has 0 amide bonds. The van der Waals surface area contributed by atoms with Gasteiger partial charge in [0.2, 0.25) is 0 Å². The summed E-state index contributed by atoms with van der Waals surface area (Å²) in [5, 5.41) is 0. The number of nitrogens with zero attached hydrogens (tertiary/aromatic N) is 2. The Morgan fingerprint density at radius 3 is 2.68 bits per heavy atom. The van der Waals surface area contributed by atoms with E-state index in [-0.39, 0.29) is 11.5 Å². The summed E-state index contributed by atoms with van der Waals surface area (Å²) in [6, 6.07) is 11.2. The maximum Gasteiger partial charge on any atom is 0.253 e. The quantitative estimate of drug-likeness (QED) is 0.860. The minimum atomic E-state index is -0.168. The Bertz CT molecular complexity index is 637. The molecule has 0 bridgehead atoms. The van der Waals surface area contributed by atoms with E-state index >= 15 is 0 Å². The molecule has 2 aromatic rings. The van der Waals surface area contributed by atoms with Gasteiger partial charge < -0.3 is 5.73 Å². The Labute approximate surface area is 116 Å². The van der Waals surface area contributed by atoms with Crippen molar-refractivity contribution in [2.45, 2.75) is 19.4 Å². The van der Waals surface area contributed by atoms with Gasteiger partial charge in [-0.1, -0.05) is 42.5 Å². The number of rotatable bonds is 4.